The third kappa shape index (κ3) is 6.05. The minimum absolute atomic E-state index is 0.279. The van der Waals surface area contributed by atoms with Gasteiger partial charge >= 0.3 is 0 Å². The number of hydrogen-bond donors (Lipinski definition) is 1. The predicted molar refractivity (Wildman–Crippen MR) is 130 cm³/mol. The van der Waals surface area contributed by atoms with Crippen molar-refractivity contribution in [3.05, 3.63) is 108 Å². The highest BCUT2D eigenvalue weighted by Crippen LogP contribution is 2.27. The summed E-state index contributed by atoms with van der Waals surface area (Å²) in [7, 11) is 0. The number of nitrogens with one attached hydrogen (secondary N) is 1. The first-order valence-corrected chi connectivity index (χ1v) is 10.6. The molecule has 1 heterocycles. The molecule has 0 radical (unpaired) electrons. The highest BCUT2D eigenvalue weighted by molar-refractivity contribution is 5.82. The van der Waals surface area contributed by atoms with E-state index in [1.54, 1.807) is 29.1 Å². The summed E-state index contributed by atoms with van der Waals surface area (Å²) >= 11 is 0. The second kappa shape index (κ2) is 11.7. The molecule has 0 bridgehead atoms. The standard InChI is InChI=1S/C24H24FN3.C3H8/c1-5-22(18(4)26-15-19-10-8-7-9-17(19)3)23-16-27-28(24(23)6-2)21-13-11-20(25)12-14-21;1-3-2/h5-14,16,26H,2,4,15H2,1,3H3;3H2,1-2H3/b22-5-;. The second-order valence-electron chi connectivity index (χ2n) is 7.20. The van der Waals surface area contributed by atoms with Gasteiger partial charge in [-0.3, -0.25) is 0 Å². The Morgan fingerprint density at radius 1 is 1.13 bits per heavy atom. The summed E-state index contributed by atoms with van der Waals surface area (Å²) in [5, 5.41) is 7.90. The normalized spacial score (nSPS) is 10.8. The Morgan fingerprint density at radius 2 is 1.77 bits per heavy atom. The van der Waals surface area contributed by atoms with Crippen molar-refractivity contribution in [3.63, 3.8) is 0 Å². The van der Waals surface area contributed by atoms with Gasteiger partial charge in [0.2, 0.25) is 0 Å². The SMILES string of the molecule is C=Cc1c(/C(=C\C)C(=C)NCc2ccccc2C)cnn1-c1ccc(F)cc1.CCC. The molecule has 0 aliphatic heterocycles. The average molecular weight is 418 g/mol. The van der Waals surface area contributed by atoms with Crippen LogP contribution in [0.3, 0.4) is 0 Å². The number of allylic oxidation sites excluding steroid dienone is 2. The zero-order chi connectivity index (χ0) is 22.8. The van der Waals surface area contributed by atoms with E-state index in [1.165, 1.54) is 29.7 Å². The molecule has 31 heavy (non-hydrogen) atoms. The van der Waals surface area contributed by atoms with Crippen molar-refractivity contribution in [1.29, 1.82) is 0 Å². The monoisotopic (exact) mass is 417 g/mol. The van der Waals surface area contributed by atoms with Crippen LogP contribution in [0.1, 0.15) is 49.6 Å². The molecular weight excluding hydrogens is 385 g/mol. The quantitative estimate of drug-likeness (QED) is 0.416. The van der Waals surface area contributed by atoms with Crippen molar-refractivity contribution >= 4 is 11.6 Å². The smallest absolute Gasteiger partial charge is 0.123 e. The van der Waals surface area contributed by atoms with Crippen LogP contribution in [0.15, 0.2) is 79.7 Å². The third-order valence-corrected chi connectivity index (χ3v) is 4.73. The maximum atomic E-state index is 13.3. The first kappa shape index (κ1) is 23.9. The molecule has 3 nitrogen and oxygen atoms in total. The summed E-state index contributed by atoms with van der Waals surface area (Å²) in [6.07, 6.45) is 6.80. The van der Waals surface area contributed by atoms with Gasteiger partial charge < -0.3 is 5.32 Å². The van der Waals surface area contributed by atoms with Crippen molar-refractivity contribution < 1.29 is 4.39 Å². The van der Waals surface area contributed by atoms with Gasteiger partial charge in [0, 0.05) is 23.4 Å². The zero-order valence-corrected chi connectivity index (χ0v) is 19.0. The van der Waals surface area contributed by atoms with Gasteiger partial charge in [-0.1, -0.05) is 63.8 Å². The van der Waals surface area contributed by atoms with Crippen LogP contribution in [-0.4, -0.2) is 9.78 Å². The number of rotatable bonds is 7. The molecule has 4 heteroatoms. The highest BCUT2D eigenvalue weighted by Gasteiger charge is 2.15. The van der Waals surface area contributed by atoms with Crippen LogP contribution in [0.25, 0.3) is 17.3 Å². The molecule has 0 atom stereocenters. The summed E-state index contributed by atoms with van der Waals surface area (Å²) in [5.74, 6) is -0.279. The summed E-state index contributed by atoms with van der Waals surface area (Å²) < 4.78 is 15.0. The maximum absolute atomic E-state index is 13.3. The Kier molecular flexibility index (Phi) is 9.01. The molecule has 0 saturated carbocycles. The molecule has 1 N–H and O–H groups in total. The molecule has 0 spiro atoms. The Balaban J connectivity index is 0.00000107. The lowest BCUT2D eigenvalue weighted by Crippen LogP contribution is -2.14. The highest BCUT2D eigenvalue weighted by atomic mass is 19.1. The molecule has 0 unspecified atom stereocenters. The van der Waals surface area contributed by atoms with E-state index < -0.39 is 0 Å². The molecule has 0 amide bonds. The lowest BCUT2D eigenvalue weighted by molar-refractivity contribution is 0.627. The predicted octanol–water partition coefficient (Wildman–Crippen LogP) is 7.09. The molecule has 0 aliphatic carbocycles. The number of halogens is 1. The topological polar surface area (TPSA) is 29.9 Å². The largest absolute Gasteiger partial charge is 0.381 e. The Morgan fingerprint density at radius 3 is 2.35 bits per heavy atom. The average Bonchev–Trinajstić information content (AvgIpc) is 3.18. The Hall–Kier alpha value is -3.40. The van der Waals surface area contributed by atoms with Gasteiger partial charge in [-0.2, -0.15) is 5.10 Å². The van der Waals surface area contributed by atoms with Crippen molar-refractivity contribution in [2.24, 2.45) is 0 Å². The molecule has 0 fully saturated rings. The molecule has 0 aliphatic rings. The summed E-state index contributed by atoms with van der Waals surface area (Å²) in [6.45, 7) is 17.2. The van der Waals surface area contributed by atoms with Crippen molar-refractivity contribution in [2.75, 3.05) is 0 Å². The Bertz CT molecular complexity index is 1040. The van der Waals surface area contributed by atoms with E-state index in [1.807, 2.05) is 25.1 Å². The van der Waals surface area contributed by atoms with Crippen LogP contribution in [0.4, 0.5) is 4.39 Å². The van der Waals surface area contributed by atoms with E-state index in [0.717, 1.165) is 28.2 Å². The fourth-order valence-corrected chi connectivity index (χ4v) is 3.15. The number of hydrogen-bond acceptors (Lipinski definition) is 2. The number of aryl methyl sites for hydroxylation is 1. The van der Waals surface area contributed by atoms with E-state index in [0.29, 0.717) is 6.54 Å². The van der Waals surface area contributed by atoms with E-state index in [9.17, 15) is 4.39 Å². The van der Waals surface area contributed by atoms with Crippen LogP contribution in [0.5, 0.6) is 0 Å². The van der Waals surface area contributed by atoms with E-state index >= 15 is 0 Å². The van der Waals surface area contributed by atoms with Crippen molar-refractivity contribution in [3.8, 4) is 5.69 Å². The number of benzene rings is 2. The fourth-order valence-electron chi connectivity index (χ4n) is 3.15. The van der Waals surface area contributed by atoms with Gasteiger partial charge in [-0.05, 0) is 55.3 Å². The van der Waals surface area contributed by atoms with E-state index in [-0.39, 0.29) is 5.82 Å². The maximum Gasteiger partial charge on any atom is 0.123 e. The lowest BCUT2D eigenvalue weighted by Gasteiger charge is -2.15. The first-order chi connectivity index (χ1) is 15.0. The van der Waals surface area contributed by atoms with Gasteiger partial charge in [0.15, 0.2) is 0 Å². The van der Waals surface area contributed by atoms with Gasteiger partial charge in [-0.15, -0.1) is 0 Å². The van der Waals surface area contributed by atoms with Crippen molar-refractivity contribution in [2.45, 2.75) is 40.7 Å². The lowest BCUT2D eigenvalue weighted by atomic mass is 10.0. The van der Waals surface area contributed by atoms with Gasteiger partial charge in [0.05, 0.1) is 17.6 Å². The first-order valence-electron chi connectivity index (χ1n) is 10.6. The summed E-state index contributed by atoms with van der Waals surface area (Å²) in [4.78, 5) is 0. The minimum Gasteiger partial charge on any atom is -0.381 e. The zero-order valence-electron chi connectivity index (χ0n) is 19.0. The molecule has 3 aromatic rings. The summed E-state index contributed by atoms with van der Waals surface area (Å²) in [5.41, 5.74) is 6.76. The second-order valence-corrected chi connectivity index (χ2v) is 7.20. The molecule has 3 rings (SSSR count). The van der Waals surface area contributed by atoms with Gasteiger partial charge in [-0.25, -0.2) is 9.07 Å². The van der Waals surface area contributed by atoms with Gasteiger partial charge in [0.25, 0.3) is 0 Å². The molecule has 162 valence electrons. The van der Waals surface area contributed by atoms with E-state index in [2.05, 4.69) is 56.5 Å². The minimum atomic E-state index is -0.279. The molecule has 0 saturated heterocycles. The molecule has 1 aromatic heterocycles. The molecule has 2 aromatic carbocycles. The van der Waals surface area contributed by atoms with Crippen LogP contribution >= 0.6 is 0 Å². The van der Waals surface area contributed by atoms with Crippen LogP contribution in [-0.2, 0) is 6.54 Å². The number of nitrogens with zero attached hydrogens (tertiary/aromatic N) is 2. The van der Waals surface area contributed by atoms with Gasteiger partial charge in [0.1, 0.15) is 5.82 Å². The number of aromatic nitrogens is 2. The fraction of sp³-hybridized carbons (Fsp3) is 0.222. The van der Waals surface area contributed by atoms with Crippen LogP contribution < -0.4 is 5.32 Å². The van der Waals surface area contributed by atoms with Crippen LogP contribution in [0, 0.1) is 12.7 Å². The van der Waals surface area contributed by atoms with Crippen LogP contribution in [0.2, 0.25) is 0 Å². The summed E-state index contributed by atoms with van der Waals surface area (Å²) in [6, 6.07) is 14.5. The van der Waals surface area contributed by atoms with E-state index in [4.69, 9.17) is 0 Å². The third-order valence-electron chi connectivity index (χ3n) is 4.73. The van der Waals surface area contributed by atoms with Crippen molar-refractivity contribution in [1.82, 2.24) is 15.1 Å². The molecular formula is C27H32FN3. The Labute approximate surface area is 185 Å².